The first-order valence-corrected chi connectivity index (χ1v) is 8.34. The zero-order chi connectivity index (χ0) is 18.5. The third-order valence-corrected chi connectivity index (χ3v) is 4.33. The van der Waals surface area contributed by atoms with Crippen LogP contribution in [0.15, 0.2) is 48.5 Å². The number of amides is 2. The molecular formula is C19H20FN3O3. The highest BCUT2D eigenvalue weighted by molar-refractivity contribution is 5.92. The number of hydrogen-bond donors (Lipinski definition) is 1. The van der Waals surface area contributed by atoms with Crippen molar-refractivity contribution in [1.82, 2.24) is 4.90 Å². The average molecular weight is 357 g/mol. The Labute approximate surface area is 150 Å². The van der Waals surface area contributed by atoms with Gasteiger partial charge in [-0.3, -0.25) is 9.59 Å². The van der Waals surface area contributed by atoms with Gasteiger partial charge in [-0.25, -0.2) is 4.39 Å². The minimum atomic E-state index is -0.508. The summed E-state index contributed by atoms with van der Waals surface area (Å²) in [5.41, 5.74) is 6.52. The lowest BCUT2D eigenvalue weighted by Gasteiger charge is -2.36. The van der Waals surface area contributed by atoms with Gasteiger partial charge in [0.2, 0.25) is 5.91 Å². The molecule has 6 nitrogen and oxygen atoms in total. The van der Waals surface area contributed by atoms with Crippen molar-refractivity contribution in [2.75, 3.05) is 37.7 Å². The fourth-order valence-electron chi connectivity index (χ4n) is 2.82. The van der Waals surface area contributed by atoms with E-state index >= 15 is 0 Å². The summed E-state index contributed by atoms with van der Waals surface area (Å²) < 4.78 is 18.5. The van der Waals surface area contributed by atoms with Crippen molar-refractivity contribution in [1.29, 1.82) is 0 Å². The smallest absolute Gasteiger partial charge is 0.260 e. The van der Waals surface area contributed by atoms with Gasteiger partial charge in [0.1, 0.15) is 11.6 Å². The number of halogens is 1. The molecule has 0 unspecified atom stereocenters. The van der Waals surface area contributed by atoms with Gasteiger partial charge in [0.15, 0.2) is 6.61 Å². The van der Waals surface area contributed by atoms with Gasteiger partial charge < -0.3 is 20.3 Å². The summed E-state index contributed by atoms with van der Waals surface area (Å²) in [6.45, 7) is 2.47. The van der Waals surface area contributed by atoms with Crippen LogP contribution >= 0.6 is 0 Å². The summed E-state index contributed by atoms with van der Waals surface area (Å²) in [4.78, 5) is 27.2. The van der Waals surface area contributed by atoms with Crippen LogP contribution in [0.5, 0.6) is 5.75 Å². The van der Waals surface area contributed by atoms with Crippen molar-refractivity contribution >= 4 is 17.5 Å². The lowest BCUT2D eigenvalue weighted by molar-refractivity contribution is -0.133. The molecule has 0 spiro atoms. The van der Waals surface area contributed by atoms with E-state index in [4.69, 9.17) is 10.5 Å². The molecule has 0 saturated carbocycles. The summed E-state index contributed by atoms with van der Waals surface area (Å²) in [6, 6.07) is 12.7. The first kappa shape index (κ1) is 17.7. The number of benzene rings is 2. The Hall–Kier alpha value is -3.09. The normalized spacial score (nSPS) is 14.2. The number of carbonyl (C=O) groups is 2. The van der Waals surface area contributed by atoms with E-state index in [1.54, 1.807) is 41.3 Å². The number of nitrogens with zero attached hydrogens (tertiary/aromatic N) is 2. The Morgan fingerprint density at radius 3 is 2.15 bits per heavy atom. The largest absolute Gasteiger partial charge is 0.484 e. The van der Waals surface area contributed by atoms with Gasteiger partial charge in [-0.2, -0.15) is 0 Å². The van der Waals surface area contributed by atoms with Crippen LogP contribution in [0.4, 0.5) is 10.1 Å². The number of anilines is 1. The van der Waals surface area contributed by atoms with Crippen LogP contribution in [-0.2, 0) is 4.79 Å². The third kappa shape index (κ3) is 4.30. The number of ether oxygens (including phenoxy) is 1. The molecule has 2 aromatic rings. The molecule has 26 heavy (non-hydrogen) atoms. The van der Waals surface area contributed by atoms with Crippen molar-refractivity contribution < 1.29 is 18.7 Å². The standard InChI is InChI=1S/C19H20FN3O3/c20-15-3-5-16(6-4-15)22-9-11-23(12-10-22)18(24)13-26-17-7-1-14(2-8-17)19(21)25/h1-8H,9-13H2,(H2,21,25). The summed E-state index contributed by atoms with van der Waals surface area (Å²) in [5, 5.41) is 0. The van der Waals surface area contributed by atoms with E-state index in [2.05, 4.69) is 4.90 Å². The number of piperazine rings is 1. The second-order valence-electron chi connectivity index (χ2n) is 6.02. The molecule has 0 aliphatic carbocycles. The lowest BCUT2D eigenvalue weighted by Crippen LogP contribution is -2.50. The first-order chi connectivity index (χ1) is 12.5. The van der Waals surface area contributed by atoms with Gasteiger partial charge in [0, 0.05) is 37.4 Å². The number of nitrogens with two attached hydrogens (primary N) is 1. The zero-order valence-electron chi connectivity index (χ0n) is 14.2. The van der Waals surface area contributed by atoms with Crippen LogP contribution in [0.25, 0.3) is 0 Å². The van der Waals surface area contributed by atoms with Crippen LogP contribution < -0.4 is 15.4 Å². The van der Waals surface area contributed by atoms with Crippen molar-refractivity contribution in [3.63, 3.8) is 0 Å². The molecule has 1 aliphatic heterocycles. The maximum atomic E-state index is 13.0. The molecular weight excluding hydrogens is 337 g/mol. The van der Waals surface area contributed by atoms with E-state index in [-0.39, 0.29) is 18.3 Å². The predicted octanol–water partition coefficient (Wildman–Crippen LogP) is 1.65. The molecule has 0 aromatic heterocycles. The zero-order valence-corrected chi connectivity index (χ0v) is 14.2. The van der Waals surface area contributed by atoms with Gasteiger partial charge in [0.25, 0.3) is 5.91 Å². The number of rotatable bonds is 5. The number of primary amides is 1. The Kier molecular flexibility index (Phi) is 5.36. The second kappa shape index (κ2) is 7.86. The fraction of sp³-hybridized carbons (Fsp3) is 0.263. The summed E-state index contributed by atoms with van der Waals surface area (Å²) in [7, 11) is 0. The molecule has 2 amide bonds. The first-order valence-electron chi connectivity index (χ1n) is 8.34. The van der Waals surface area contributed by atoms with Crippen molar-refractivity contribution in [2.24, 2.45) is 5.73 Å². The SMILES string of the molecule is NC(=O)c1ccc(OCC(=O)N2CCN(c3ccc(F)cc3)CC2)cc1. The summed E-state index contributed by atoms with van der Waals surface area (Å²) in [6.07, 6.45) is 0. The molecule has 1 fully saturated rings. The number of carbonyl (C=O) groups excluding carboxylic acids is 2. The van der Waals surface area contributed by atoms with Gasteiger partial charge in [-0.15, -0.1) is 0 Å². The van der Waals surface area contributed by atoms with Gasteiger partial charge >= 0.3 is 0 Å². The van der Waals surface area contributed by atoms with E-state index in [9.17, 15) is 14.0 Å². The Bertz CT molecular complexity index is 770. The van der Waals surface area contributed by atoms with Gasteiger partial charge in [-0.05, 0) is 48.5 Å². The molecule has 2 aromatic carbocycles. The van der Waals surface area contributed by atoms with Crippen molar-refractivity contribution in [2.45, 2.75) is 0 Å². The molecule has 1 aliphatic rings. The molecule has 3 rings (SSSR count). The molecule has 0 atom stereocenters. The van der Waals surface area contributed by atoms with Crippen LogP contribution in [0.1, 0.15) is 10.4 Å². The Balaban J connectivity index is 1.47. The fourth-order valence-corrected chi connectivity index (χ4v) is 2.82. The van der Waals surface area contributed by atoms with Gasteiger partial charge in [0.05, 0.1) is 0 Å². The maximum Gasteiger partial charge on any atom is 0.260 e. The van der Waals surface area contributed by atoms with E-state index in [1.165, 1.54) is 12.1 Å². The Morgan fingerprint density at radius 1 is 0.962 bits per heavy atom. The highest BCUT2D eigenvalue weighted by Gasteiger charge is 2.21. The van der Waals surface area contributed by atoms with Crippen molar-refractivity contribution in [3.8, 4) is 5.75 Å². The lowest BCUT2D eigenvalue weighted by atomic mass is 10.2. The van der Waals surface area contributed by atoms with E-state index in [0.717, 1.165) is 5.69 Å². The molecule has 136 valence electrons. The monoisotopic (exact) mass is 357 g/mol. The average Bonchev–Trinajstić information content (AvgIpc) is 2.67. The minimum Gasteiger partial charge on any atom is -0.484 e. The molecule has 0 radical (unpaired) electrons. The van der Waals surface area contributed by atoms with Crippen molar-refractivity contribution in [3.05, 3.63) is 59.9 Å². The highest BCUT2D eigenvalue weighted by atomic mass is 19.1. The second-order valence-corrected chi connectivity index (χ2v) is 6.02. The highest BCUT2D eigenvalue weighted by Crippen LogP contribution is 2.17. The molecule has 7 heteroatoms. The molecule has 2 N–H and O–H groups in total. The minimum absolute atomic E-state index is 0.0630. The molecule has 0 bridgehead atoms. The third-order valence-electron chi connectivity index (χ3n) is 4.33. The topological polar surface area (TPSA) is 75.9 Å². The number of hydrogen-bond acceptors (Lipinski definition) is 4. The molecule has 1 saturated heterocycles. The Morgan fingerprint density at radius 2 is 1.58 bits per heavy atom. The van der Waals surface area contributed by atoms with Crippen LogP contribution in [-0.4, -0.2) is 49.5 Å². The van der Waals surface area contributed by atoms with Crippen LogP contribution in [0.2, 0.25) is 0 Å². The van der Waals surface area contributed by atoms with Gasteiger partial charge in [-0.1, -0.05) is 0 Å². The van der Waals surface area contributed by atoms with Crippen LogP contribution in [0, 0.1) is 5.82 Å². The van der Waals surface area contributed by atoms with Crippen LogP contribution in [0.3, 0.4) is 0 Å². The predicted molar refractivity (Wildman–Crippen MR) is 95.6 cm³/mol. The quantitative estimate of drug-likeness (QED) is 0.883. The van der Waals surface area contributed by atoms with E-state index in [1.807, 2.05) is 0 Å². The van der Waals surface area contributed by atoms with E-state index < -0.39 is 5.91 Å². The summed E-state index contributed by atoms with van der Waals surface area (Å²) in [5.74, 6) is -0.355. The van der Waals surface area contributed by atoms with E-state index in [0.29, 0.717) is 37.5 Å². The maximum absolute atomic E-state index is 13.0. The molecule has 1 heterocycles. The summed E-state index contributed by atoms with van der Waals surface area (Å²) >= 11 is 0.